The number of aliphatic hydroxyl groups excluding tert-OH is 2. The standard InChI is InChI=1S/C8H16O2S2/c1-7(2)5(9)12-8(3,4)6(10)11-7/h5-6,9-10H,1-4H3. The molecule has 0 saturated carbocycles. The molecule has 4 heteroatoms. The molecule has 1 aliphatic rings. The van der Waals surface area contributed by atoms with E-state index in [0.717, 1.165) is 0 Å². The van der Waals surface area contributed by atoms with E-state index in [-0.39, 0.29) is 9.49 Å². The summed E-state index contributed by atoms with van der Waals surface area (Å²) in [7, 11) is 0. The molecule has 72 valence electrons. The van der Waals surface area contributed by atoms with Crippen molar-refractivity contribution in [2.75, 3.05) is 0 Å². The molecule has 2 nitrogen and oxygen atoms in total. The lowest BCUT2D eigenvalue weighted by Gasteiger charge is -2.45. The van der Waals surface area contributed by atoms with E-state index in [9.17, 15) is 10.2 Å². The van der Waals surface area contributed by atoms with Crippen molar-refractivity contribution in [2.45, 2.75) is 48.1 Å². The Morgan fingerprint density at radius 3 is 1.33 bits per heavy atom. The SMILES string of the molecule is CC1(C)SC(O)C(C)(C)SC1O. The second-order valence-corrected chi connectivity index (χ2v) is 7.62. The average Bonchev–Trinajstić information content (AvgIpc) is 1.82. The lowest BCUT2D eigenvalue weighted by molar-refractivity contribution is 0.189. The predicted octanol–water partition coefficient (Wildman–Crippen LogP) is 1.66. The van der Waals surface area contributed by atoms with Crippen molar-refractivity contribution < 1.29 is 10.2 Å². The van der Waals surface area contributed by atoms with Gasteiger partial charge in [0, 0.05) is 9.49 Å². The summed E-state index contributed by atoms with van der Waals surface area (Å²) in [5, 5.41) is 19.4. The van der Waals surface area contributed by atoms with Crippen LogP contribution in [0.4, 0.5) is 0 Å². The Morgan fingerprint density at radius 1 is 0.833 bits per heavy atom. The minimum Gasteiger partial charge on any atom is -0.381 e. The molecule has 0 aliphatic carbocycles. The normalized spacial score (nSPS) is 39.5. The fourth-order valence-corrected chi connectivity index (χ4v) is 3.55. The zero-order valence-corrected chi connectivity index (χ0v) is 9.50. The molecule has 0 aromatic carbocycles. The van der Waals surface area contributed by atoms with Gasteiger partial charge in [-0.25, -0.2) is 0 Å². The van der Waals surface area contributed by atoms with Crippen molar-refractivity contribution in [3.05, 3.63) is 0 Å². The van der Waals surface area contributed by atoms with E-state index in [4.69, 9.17) is 0 Å². The van der Waals surface area contributed by atoms with Gasteiger partial charge in [0.25, 0.3) is 0 Å². The summed E-state index contributed by atoms with van der Waals surface area (Å²) in [6.45, 7) is 7.81. The molecule has 1 rings (SSSR count). The lowest BCUT2D eigenvalue weighted by Crippen LogP contribution is -2.47. The smallest absolute Gasteiger partial charge is 0.114 e. The molecule has 2 N–H and O–H groups in total. The van der Waals surface area contributed by atoms with Crippen LogP contribution in [0.15, 0.2) is 0 Å². The molecule has 0 bridgehead atoms. The highest BCUT2D eigenvalue weighted by Gasteiger charge is 2.46. The van der Waals surface area contributed by atoms with Crippen LogP contribution in [0.1, 0.15) is 27.7 Å². The largest absolute Gasteiger partial charge is 0.381 e. The van der Waals surface area contributed by atoms with Crippen molar-refractivity contribution in [3.8, 4) is 0 Å². The fourth-order valence-electron chi connectivity index (χ4n) is 0.976. The van der Waals surface area contributed by atoms with Crippen molar-refractivity contribution in [1.29, 1.82) is 0 Å². The molecule has 2 atom stereocenters. The fraction of sp³-hybridized carbons (Fsp3) is 1.00. The van der Waals surface area contributed by atoms with Gasteiger partial charge in [0.05, 0.1) is 0 Å². The minimum atomic E-state index is -0.402. The Bertz CT molecular complexity index is 160. The van der Waals surface area contributed by atoms with Crippen LogP contribution in [0, 0.1) is 0 Å². The second-order valence-electron chi connectivity index (χ2n) is 4.15. The Labute approximate surface area is 82.1 Å². The van der Waals surface area contributed by atoms with Crippen LogP contribution < -0.4 is 0 Å². The molecule has 12 heavy (non-hydrogen) atoms. The third-order valence-corrected chi connectivity index (χ3v) is 5.61. The average molecular weight is 208 g/mol. The maximum atomic E-state index is 9.72. The second kappa shape index (κ2) is 3.08. The van der Waals surface area contributed by atoms with E-state index in [1.165, 1.54) is 23.5 Å². The summed E-state index contributed by atoms with van der Waals surface area (Å²) in [6, 6.07) is 0. The van der Waals surface area contributed by atoms with Gasteiger partial charge in [-0.1, -0.05) is 0 Å². The summed E-state index contributed by atoms with van der Waals surface area (Å²) in [6.07, 6.45) is 0. The van der Waals surface area contributed by atoms with Gasteiger partial charge in [0.2, 0.25) is 0 Å². The molecule has 1 fully saturated rings. The van der Waals surface area contributed by atoms with Crippen molar-refractivity contribution >= 4 is 23.5 Å². The van der Waals surface area contributed by atoms with Gasteiger partial charge in [-0.05, 0) is 27.7 Å². The van der Waals surface area contributed by atoms with Gasteiger partial charge < -0.3 is 10.2 Å². The summed E-state index contributed by atoms with van der Waals surface area (Å²) >= 11 is 2.89. The zero-order valence-electron chi connectivity index (χ0n) is 7.87. The Balaban J connectivity index is 2.76. The summed E-state index contributed by atoms with van der Waals surface area (Å²) in [4.78, 5) is 0. The minimum absolute atomic E-state index is 0.250. The van der Waals surface area contributed by atoms with Gasteiger partial charge in [-0.15, -0.1) is 23.5 Å². The maximum absolute atomic E-state index is 9.72. The van der Waals surface area contributed by atoms with E-state index in [1.54, 1.807) is 0 Å². The third-order valence-electron chi connectivity index (χ3n) is 2.02. The van der Waals surface area contributed by atoms with Crippen molar-refractivity contribution in [2.24, 2.45) is 0 Å². The van der Waals surface area contributed by atoms with Gasteiger partial charge in [0.15, 0.2) is 0 Å². The number of rotatable bonds is 0. The lowest BCUT2D eigenvalue weighted by atomic mass is 10.2. The molecule has 2 unspecified atom stereocenters. The first kappa shape index (κ1) is 10.7. The molecular weight excluding hydrogens is 192 g/mol. The Hall–Kier alpha value is 0.620. The first-order valence-corrected chi connectivity index (χ1v) is 5.73. The molecule has 1 aliphatic heterocycles. The first-order chi connectivity index (χ1) is 5.26. The molecule has 0 spiro atoms. The molecular formula is C8H16O2S2. The number of aliphatic hydroxyl groups is 2. The molecule has 0 radical (unpaired) electrons. The number of hydrogen-bond acceptors (Lipinski definition) is 4. The van der Waals surface area contributed by atoms with E-state index in [1.807, 2.05) is 27.7 Å². The number of thioether (sulfide) groups is 2. The van der Waals surface area contributed by atoms with Crippen molar-refractivity contribution in [1.82, 2.24) is 0 Å². The van der Waals surface area contributed by atoms with Gasteiger partial charge >= 0.3 is 0 Å². The van der Waals surface area contributed by atoms with Gasteiger partial charge in [-0.2, -0.15) is 0 Å². The summed E-state index contributed by atoms with van der Waals surface area (Å²) in [5.41, 5.74) is -0.804. The van der Waals surface area contributed by atoms with Crippen LogP contribution in [0.5, 0.6) is 0 Å². The van der Waals surface area contributed by atoms with Crippen molar-refractivity contribution in [3.63, 3.8) is 0 Å². The topological polar surface area (TPSA) is 40.5 Å². The monoisotopic (exact) mass is 208 g/mol. The third kappa shape index (κ3) is 1.92. The molecule has 0 aromatic heterocycles. The van der Waals surface area contributed by atoms with Crippen LogP contribution in [0.25, 0.3) is 0 Å². The highest BCUT2D eigenvalue weighted by molar-refractivity contribution is 8.08. The first-order valence-electron chi connectivity index (χ1n) is 3.97. The van der Waals surface area contributed by atoms with Crippen LogP contribution in [-0.2, 0) is 0 Å². The van der Waals surface area contributed by atoms with Crippen LogP contribution in [0.2, 0.25) is 0 Å². The van der Waals surface area contributed by atoms with Crippen LogP contribution in [-0.4, -0.2) is 30.6 Å². The quantitative estimate of drug-likeness (QED) is 0.635. The Kier molecular flexibility index (Phi) is 2.75. The van der Waals surface area contributed by atoms with Gasteiger partial charge in [0.1, 0.15) is 10.9 Å². The highest BCUT2D eigenvalue weighted by atomic mass is 32.2. The Morgan fingerprint density at radius 2 is 1.08 bits per heavy atom. The van der Waals surface area contributed by atoms with E-state index < -0.39 is 10.9 Å². The summed E-state index contributed by atoms with van der Waals surface area (Å²) in [5.74, 6) is 0. The van der Waals surface area contributed by atoms with Crippen LogP contribution >= 0.6 is 23.5 Å². The molecule has 1 heterocycles. The van der Waals surface area contributed by atoms with Gasteiger partial charge in [-0.3, -0.25) is 0 Å². The highest BCUT2D eigenvalue weighted by Crippen LogP contribution is 2.51. The zero-order chi connectivity index (χ0) is 9.57. The number of hydrogen-bond donors (Lipinski definition) is 2. The van der Waals surface area contributed by atoms with E-state index >= 15 is 0 Å². The molecule has 1 saturated heterocycles. The predicted molar refractivity (Wildman–Crippen MR) is 55.4 cm³/mol. The van der Waals surface area contributed by atoms with E-state index in [0.29, 0.717) is 0 Å². The maximum Gasteiger partial charge on any atom is 0.114 e. The molecule has 0 amide bonds. The summed E-state index contributed by atoms with van der Waals surface area (Å²) < 4.78 is -0.501. The molecule has 0 aromatic rings. The van der Waals surface area contributed by atoms with E-state index in [2.05, 4.69) is 0 Å². The van der Waals surface area contributed by atoms with Crippen LogP contribution in [0.3, 0.4) is 0 Å².